The number of aliphatic carboxylic acids is 1. The first kappa shape index (κ1) is 23.7. The van der Waals surface area contributed by atoms with Gasteiger partial charge in [0.15, 0.2) is 0 Å². The van der Waals surface area contributed by atoms with E-state index in [0.717, 1.165) is 31.6 Å². The van der Waals surface area contributed by atoms with Gasteiger partial charge in [-0.05, 0) is 37.5 Å². The number of allylic oxidation sites excluding steroid dienone is 1. The summed E-state index contributed by atoms with van der Waals surface area (Å²) in [6.07, 6.45) is 6.45. The van der Waals surface area contributed by atoms with E-state index in [2.05, 4.69) is 46.5 Å². The monoisotopic (exact) mass is 329 g/mol. The first-order chi connectivity index (χ1) is 10.7. The van der Waals surface area contributed by atoms with Crippen LogP contribution in [0.2, 0.25) is 0 Å². The molecule has 1 aliphatic rings. The van der Waals surface area contributed by atoms with E-state index >= 15 is 0 Å². The van der Waals surface area contributed by atoms with Gasteiger partial charge in [-0.2, -0.15) is 0 Å². The molecule has 2 N–H and O–H groups in total. The van der Waals surface area contributed by atoms with Crippen LogP contribution in [0.15, 0.2) is 12.7 Å². The predicted molar refractivity (Wildman–Crippen MR) is 94.5 cm³/mol. The second kappa shape index (κ2) is 15.4. The minimum atomic E-state index is -1.07. The number of rotatable bonds is 5. The molecule has 0 saturated heterocycles. The lowest BCUT2D eigenvalue weighted by atomic mass is 10.1. The van der Waals surface area contributed by atoms with Crippen LogP contribution in [-0.4, -0.2) is 29.8 Å². The molecule has 1 saturated carbocycles. The fraction of sp³-hybridized carbons (Fsp3) is 0.778. The van der Waals surface area contributed by atoms with Crippen molar-refractivity contribution in [3.63, 3.8) is 0 Å². The van der Waals surface area contributed by atoms with Gasteiger partial charge in [-0.25, -0.2) is 4.79 Å². The number of alkyl carbamates (subject to hydrolysis) is 1. The third-order valence-corrected chi connectivity index (χ3v) is 2.80. The maximum atomic E-state index is 11.0. The van der Waals surface area contributed by atoms with E-state index in [9.17, 15) is 9.59 Å². The molecule has 0 heterocycles. The molecule has 1 rings (SSSR count). The lowest BCUT2D eigenvalue weighted by molar-refractivity contribution is -0.135. The van der Waals surface area contributed by atoms with Crippen molar-refractivity contribution in [3.05, 3.63) is 12.7 Å². The van der Waals surface area contributed by atoms with Crippen LogP contribution in [0.4, 0.5) is 4.79 Å². The Labute approximate surface area is 141 Å². The van der Waals surface area contributed by atoms with Crippen molar-refractivity contribution in [2.75, 3.05) is 6.54 Å². The molecule has 1 fully saturated rings. The maximum Gasteiger partial charge on any atom is 0.407 e. The van der Waals surface area contributed by atoms with Crippen molar-refractivity contribution in [1.29, 1.82) is 0 Å². The molecule has 1 amide bonds. The Morgan fingerprint density at radius 2 is 1.91 bits per heavy atom. The molecular formula is C18H35NO4. The van der Waals surface area contributed by atoms with E-state index in [1.807, 2.05) is 6.08 Å². The third kappa shape index (κ3) is 20.5. The predicted octanol–water partition coefficient (Wildman–Crippen LogP) is 4.62. The van der Waals surface area contributed by atoms with Crippen molar-refractivity contribution in [1.82, 2.24) is 5.32 Å². The number of carbonyl (C=O) groups is 2. The van der Waals surface area contributed by atoms with Gasteiger partial charge in [0.1, 0.15) is 12.6 Å². The zero-order valence-electron chi connectivity index (χ0n) is 15.4. The summed E-state index contributed by atoms with van der Waals surface area (Å²) in [7, 11) is 0. The molecule has 0 spiro atoms. The van der Waals surface area contributed by atoms with Crippen LogP contribution in [0.1, 0.15) is 66.7 Å². The van der Waals surface area contributed by atoms with E-state index in [1.54, 1.807) is 0 Å². The van der Waals surface area contributed by atoms with Crippen LogP contribution in [0.3, 0.4) is 0 Å². The van der Waals surface area contributed by atoms with Gasteiger partial charge in [-0.1, -0.05) is 47.1 Å². The molecule has 0 aromatic rings. The zero-order chi connectivity index (χ0) is 18.3. The maximum absolute atomic E-state index is 11.0. The largest absolute Gasteiger partial charge is 0.480 e. The molecule has 5 nitrogen and oxygen atoms in total. The topological polar surface area (TPSA) is 75.6 Å². The Balaban J connectivity index is 0. The molecule has 0 aliphatic heterocycles. The SMILES string of the molecule is C=CCCC.CC(C)C.CC1CCC(OC(=O)NCC(=O)O)C1. The summed E-state index contributed by atoms with van der Waals surface area (Å²) in [5, 5.41) is 10.5. The van der Waals surface area contributed by atoms with Crippen molar-refractivity contribution in [2.24, 2.45) is 11.8 Å². The molecule has 136 valence electrons. The number of unbranched alkanes of at least 4 members (excludes halogenated alkanes) is 1. The van der Waals surface area contributed by atoms with Gasteiger partial charge >= 0.3 is 12.1 Å². The summed E-state index contributed by atoms with van der Waals surface area (Å²) in [4.78, 5) is 21.1. The summed E-state index contributed by atoms with van der Waals surface area (Å²) in [6, 6.07) is 0. The van der Waals surface area contributed by atoms with E-state index in [1.165, 1.54) is 6.42 Å². The fourth-order valence-electron chi connectivity index (χ4n) is 1.81. The highest BCUT2D eigenvalue weighted by Gasteiger charge is 2.24. The Hall–Kier alpha value is -1.52. The lowest BCUT2D eigenvalue weighted by Crippen LogP contribution is -2.32. The van der Waals surface area contributed by atoms with Crippen LogP contribution in [0, 0.1) is 11.8 Å². The highest BCUT2D eigenvalue weighted by molar-refractivity contribution is 5.76. The van der Waals surface area contributed by atoms with Gasteiger partial charge in [0, 0.05) is 0 Å². The molecule has 0 bridgehead atoms. The molecule has 0 aromatic carbocycles. The van der Waals surface area contributed by atoms with Gasteiger partial charge in [-0.3, -0.25) is 4.79 Å². The minimum absolute atomic E-state index is 0.0428. The van der Waals surface area contributed by atoms with Crippen LogP contribution in [-0.2, 0) is 9.53 Å². The molecule has 2 atom stereocenters. The van der Waals surface area contributed by atoms with E-state index < -0.39 is 12.1 Å². The van der Waals surface area contributed by atoms with Crippen LogP contribution in [0.5, 0.6) is 0 Å². The molecule has 2 unspecified atom stereocenters. The summed E-state index contributed by atoms with van der Waals surface area (Å²) >= 11 is 0. The molecule has 5 heteroatoms. The van der Waals surface area contributed by atoms with Gasteiger partial charge in [0.2, 0.25) is 0 Å². The van der Waals surface area contributed by atoms with Crippen molar-refractivity contribution in [3.8, 4) is 0 Å². The number of carbonyl (C=O) groups excluding carboxylic acids is 1. The number of hydrogen-bond acceptors (Lipinski definition) is 3. The van der Waals surface area contributed by atoms with Crippen LogP contribution < -0.4 is 5.32 Å². The standard InChI is InChI=1S/C9H15NO4.C5H10.C4H10/c1-6-2-3-7(4-6)14-9(13)10-5-8(11)12;1-3-5-4-2;1-4(2)3/h6-7H,2-5H2,1H3,(H,10,13)(H,11,12);3H,1,4-5H2,2H3;4H,1-3H3. The summed E-state index contributed by atoms with van der Waals surface area (Å²) in [6.45, 7) is 13.9. The molecule has 23 heavy (non-hydrogen) atoms. The molecule has 0 aromatic heterocycles. The van der Waals surface area contributed by atoms with Crippen molar-refractivity contribution < 1.29 is 19.4 Å². The molecule has 0 radical (unpaired) electrons. The highest BCUT2D eigenvalue weighted by Crippen LogP contribution is 2.26. The van der Waals surface area contributed by atoms with E-state index in [0.29, 0.717) is 5.92 Å². The number of nitrogens with one attached hydrogen (secondary N) is 1. The number of carboxylic acids is 1. The van der Waals surface area contributed by atoms with Gasteiger partial charge in [0.05, 0.1) is 0 Å². The fourth-order valence-corrected chi connectivity index (χ4v) is 1.81. The van der Waals surface area contributed by atoms with Gasteiger partial charge < -0.3 is 15.2 Å². The normalized spacial score (nSPS) is 18.9. The Bertz CT molecular complexity index is 326. The number of hydrogen-bond donors (Lipinski definition) is 2. The Morgan fingerprint density at radius 1 is 1.35 bits per heavy atom. The lowest BCUT2D eigenvalue weighted by Gasteiger charge is -2.11. The number of ether oxygens (including phenoxy) is 1. The first-order valence-corrected chi connectivity index (χ1v) is 8.49. The summed E-state index contributed by atoms with van der Waals surface area (Å²) in [5.74, 6) is 0.356. The average Bonchev–Trinajstić information content (AvgIpc) is 2.83. The zero-order valence-corrected chi connectivity index (χ0v) is 15.4. The molecular weight excluding hydrogens is 294 g/mol. The Morgan fingerprint density at radius 3 is 2.22 bits per heavy atom. The van der Waals surface area contributed by atoms with Gasteiger partial charge in [0.25, 0.3) is 0 Å². The van der Waals surface area contributed by atoms with Gasteiger partial charge in [-0.15, -0.1) is 6.58 Å². The second-order valence-electron chi connectivity index (χ2n) is 6.50. The Kier molecular flexibility index (Phi) is 15.9. The summed E-state index contributed by atoms with van der Waals surface area (Å²) < 4.78 is 5.02. The van der Waals surface area contributed by atoms with Crippen molar-refractivity contribution >= 4 is 12.1 Å². The van der Waals surface area contributed by atoms with E-state index in [4.69, 9.17) is 9.84 Å². The van der Waals surface area contributed by atoms with Crippen molar-refractivity contribution in [2.45, 2.75) is 72.8 Å². The highest BCUT2D eigenvalue weighted by atomic mass is 16.6. The quantitative estimate of drug-likeness (QED) is 0.722. The minimum Gasteiger partial charge on any atom is -0.480 e. The summed E-state index contributed by atoms with van der Waals surface area (Å²) in [5.41, 5.74) is 0. The average molecular weight is 329 g/mol. The smallest absolute Gasteiger partial charge is 0.407 e. The van der Waals surface area contributed by atoms with E-state index in [-0.39, 0.29) is 12.6 Å². The molecule has 1 aliphatic carbocycles. The number of amides is 1. The second-order valence-corrected chi connectivity index (χ2v) is 6.50. The van der Waals surface area contributed by atoms with Crippen LogP contribution in [0.25, 0.3) is 0 Å². The first-order valence-electron chi connectivity index (χ1n) is 8.49. The third-order valence-electron chi connectivity index (χ3n) is 2.80. The number of carboxylic acid groups (broad SMARTS) is 1. The van der Waals surface area contributed by atoms with Crippen LogP contribution >= 0.6 is 0 Å².